The highest BCUT2D eigenvalue weighted by Gasteiger charge is 2.18. The number of hydrogen-bond acceptors (Lipinski definition) is 4. The molecule has 0 bridgehead atoms. The van der Waals surface area contributed by atoms with Crippen molar-refractivity contribution in [2.45, 2.75) is 24.8 Å². The zero-order chi connectivity index (χ0) is 13.6. The fraction of sp³-hybridized carbons (Fsp3) is 0.500. The monoisotopic (exact) mass is 271 g/mol. The molecule has 0 aliphatic heterocycles. The van der Waals surface area contributed by atoms with Gasteiger partial charge in [0.1, 0.15) is 0 Å². The summed E-state index contributed by atoms with van der Waals surface area (Å²) in [6, 6.07) is 7.02. The van der Waals surface area contributed by atoms with Gasteiger partial charge in [-0.05, 0) is 24.6 Å². The van der Waals surface area contributed by atoms with Crippen LogP contribution in [0.5, 0.6) is 0 Å². The largest absolute Gasteiger partial charge is 0.313 e. The molecule has 1 rings (SSSR count). The Labute approximate surface area is 109 Å². The molecule has 1 aromatic rings. The van der Waals surface area contributed by atoms with Crippen molar-refractivity contribution in [1.82, 2.24) is 15.2 Å². The molecule has 0 heterocycles. The van der Waals surface area contributed by atoms with Crippen LogP contribution in [0.1, 0.15) is 18.9 Å². The van der Waals surface area contributed by atoms with Gasteiger partial charge in [0, 0.05) is 20.6 Å². The Morgan fingerprint density at radius 1 is 1.22 bits per heavy atom. The molecule has 0 saturated carbocycles. The summed E-state index contributed by atoms with van der Waals surface area (Å²) in [6.45, 7) is 3.50. The Hall–Kier alpha value is -0.950. The molecule has 18 heavy (non-hydrogen) atoms. The molecule has 6 heteroatoms. The normalized spacial score (nSPS) is 12.0. The van der Waals surface area contributed by atoms with E-state index in [-0.39, 0.29) is 0 Å². The quantitative estimate of drug-likeness (QED) is 0.572. The predicted molar refractivity (Wildman–Crippen MR) is 72.4 cm³/mol. The second-order valence-corrected chi connectivity index (χ2v) is 5.90. The van der Waals surface area contributed by atoms with Crippen LogP contribution in [-0.2, 0) is 16.6 Å². The van der Waals surface area contributed by atoms with Crippen LogP contribution in [0.4, 0.5) is 0 Å². The summed E-state index contributed by atoms with van der Waals surface area (Å²) in [7, 11) is -0.195. The fourth-order valence-corrected chi connectivity index (χ4v) is 2.92. The maximum absolute atomic E-state index is 12.1. The molecular weight excluding hydrogens is 250 g/mol. The first kappa shape index (κ1) is 15.1. The number of hydrogen-bond donors (Lipinski definition) is 2. The van der Waals surface area contributed by atoms with Crippen molar-refractivity contribution >= 4 is 10.0 Å². The summed E-state index contributed by atoms with van der Waals surface area (Å²) in [5, 5.41) is 4.63. The van der Waals surface area contributed by atoms with Crippen molar-refractivity contribution < 1.29 is 8.42 Å². The van der Waals surface area contributed by atoms with Crippen molar-refractivity contribution in [3.8, 4) is 0 Å². The van der Waals surface area contributed by atoms with E-state index in [2.05, 4.69) is 17.1 Å². The predicted octanol–water partition coefficient (Wildman–Crippen LogP) is 0.941. The number of nitrogens with zero attached hydrogens (tertiary/aromatic N) is 1. The SMILES string of the molecule is CCCNCc1ccccc1S(=O)(=O)NN(C)C. The second kappa shape index (κ2) is 6.84. The van der Waals surface area contributed by atoms with E-state index in [1.807, 2.05) is 12.1 Å². The molecule has 0 fully saturated rings. The smallest absolute Gasteiger partial charge is 0.253 e. The number of rotatable bonds is 7. The number of nitrogens with one attached hydrogen (secondary N) is 2. The summed E-state index contributed by atoms with van der Waals surface area (Å²) >= 11 is 0. The van der Waals surface area contributed by atoms with Crippen LogP contribution in [0.2, 0.25) is 0 Å². The summed E-state index contributed by atoms with van der Waals surface area (Å²) in [4.78, 5) is 2.77. The third kappa shape index (κ3) is 4.38. The Morgan fingerprint density at radius 3 is 2.50 bits per heavy atom. The topological polar surface area (TPSA) is 61.4 Å². The van der Waals surface area contributed by atoms with Gasteiger partial charge < -0.3 is 5.32 Å². The highest BCUT2D eigenvalue weighted by atomic mass is 32.2. The van der Waals surface area contributed by atoms with E-state index in [0.29, 0.717) is 11.4 Å². The third-order valence-electron chi connectivity index (χ3n) is 2.31. The van der Waals surface area contributed by atoms with Crippen LogP contribution < -0.4 is 10.1 Å². The Balaban J connectivity index is 2.94. The molecule has 1 aromatic carbocycles. The molecule has 0 aromatic heterocycles. The zero-order valence-electron chi connectivity index (χ0n) is 11.1. The van der Waals surface area contributed by atoms with Crippen LogP contribution in [0.25, 0.3) is 0 Å². The van der Waals surface area contributed by atoms with Crippen LogP contribution in [0.15, 0.2) is 29.2 Å². The van der Waals surface area contributed by atoms with Crippen LogP contribution in [0, 0.1) is 0 Å². The minimum Gasteiger partial charge on any atom is -0.313 e. The zero-order valence-corrected chi connectivity index (χ0v) is 11.9. The van der Waals surface area contributed by atoms with E-state index in [0.717, 1.165) is 18.5 Å². The van der Waals surface area contributed by atoms with Gasteiger partial charge in [-0.3, -0.25) is 0 Å². The van der Waals surface area contributed by atoms with Crippen LogP contribution >= 0.6 is 0 Å². The standard InChI is InChI=1S/C12H21N3O2S/c1-4-9-13-10-11-7-5-6-8-12(11)18(16,17)14-15(2)3/h5-8,13-14H,4,9-10H2,1-3H3. The first-order valence-corrected chi connectivity index (χ1v) is 7.44. The van der Waals surface area contributed by atoms with Crippen LogP contribution in [0.3, 0.4) is 0 Å². The minimum absolute atomic E-state index is 0.322. The van der Waals surface area contributed by atoms with Gasteiger partial charge in [-0.2, -0.15) is 0 Å². The van der Waals surface area contributed by atoms with E-state index in [1.54, 1.807) is 26.2 Å². The Morgan fingerprint density at radius 2 is 1.89 bits per heavy atom. The van der Waals surface area contributed by atoms with E-state index >= 15 is 0 Å². The minimum atomic E-state index is -3.49. The van der Waals surface area contributed by atoms with Gasteiger partial charge in [-0.1, -0.05) is 25.1 Å². The van der Waals surface area contributed by atoms with Gasteiger partial charge >= 0.3 is 0 Å². The molecule has 5 nitrogen and oxygen atoms in total. The first-order valence-electron chi connectivity index (χ1n) is 5.95. The van der Waals surface area contributed by atoms with E-state index in [4.69, 9.17) is 0 Å². The molecule has 0 unspecified atom stereocenters. The van der Waals surface area contributed by atoms with Gasteiger partial charge in [0.2, 0.25) is 0 Å². The average molecular weight is 271 g/mol. The van der Waals surface area contributed by atoms with E-state index in [9.17, 15) is 8.42 Å². The summed E-state index contributed by atoms with van der Waals surface area (Å²) in [5.74, 6) is 0. The van der Waals surface area contributed by atoms with Crippen molar-refractivity contribution in [3.63, 3.8) is 0 Å². The molecule has 0 saturated heterocycles. The lowest BCUT2D eigenvalue weighted by Crippen LogP contribution is -2.36. The fourth-order valence-electron chi connectivity index (χ4n) is 1.60. The average Bonchev–Trinajstić information content (AvgIpc) is 2.28. The number of benzene rings is 1. The highest BCUT2D eigenvalue weighted by molar-refractivity contribution is 7.89. The van der Waals surface area contributed by atoms with E-state index in [1.165, 1.54) is 5.01 Å². The molecule has 0 aliphatic rings. The maximum atomic E-state index is 12.1. The summed E-state index contributed by atoms with van der Waals surface area (Å²) < 4.78 is 24.2. The molecular formula is C12H21N3O2S. The van der Waals surface area contributed by atoms with Crippen LogP contribution in [-0.4, -0.2) is 34.1 Å². The van der Waals surface area contributed by atoms with Gasteiger partial charge in [0.15, 0.2) is 0 Å². The molecule has 2 N–H and O–H groups in total. The lowest BCUT2D eigenvalue weighted by Gasteiger charge is -2.15. The van der Waals surface area contributed by atoms with Crippen molar-refractivity contribution in [2.24, 2.45) is 0 Å². The van der Waals surface area contributed by atoms with Crippen molar-refractivity contribution in [3.05, 3.63) is 29.8 Å². The lowest BCUT2D eigenvalue weighted by atomic mass is 10.2. The van der Waals surface area contributed by atoms with Gasteiger partial charge in [0.05, 0.1) is 4.90 Å². The Bertz CT molecular complexity index is 472. The highest BCUT2D eigenvalue weighted by Crippen LogP contribution is 2.15. The van der Waals surface area contributed by atoms with Crippen molar-refractivity contribution in [2.75, 3.05) is 20.6 Å². The molecule has 0 atom stereocenters. The number of hydrazine groups is 1. The molecule has 0 amide bonds. The maximum Gasteiger partial charge on any atom is 0.253 e. The molecule has 0 spiro atoms. The molecule has 0 radical (unpaired) electrons. The summed E-state index contributed by atoms with van der Waals surface area (Å²) in [5.41, 5.74) is 0.778. The van der Waals surface area contributed by atoms with Crippen molar-refractivity contribution in [1.29, 1.82) is 0 Å². The van der Waals surface area contributed by atoms with E-state index < -0.39 is 10.0 Å². The first-order chi connectivity index (χ1) is 8.47. The number of sulfonamides is 1. The van der Waals surface area contributed by atoms with Gasteiger partial charge in [0.25, 0.3) is 10.0 Å². The summed E-state index contributed by atoms with van der Waals surface area (Å²) in [6.07, 6.45) is 1.02. The third-order valence-corrected chi connectivity index (χ3v) is 3.89. The lowest BCUT2D eigenvalue weighted by molar-refractivity contribution is 0.363. The van der Waals surface area contributed by atoms with Gasteiger partial charge in [-0.25, -0.2) is 13.4 Å². The molecule has 0 aliphatic carbocycles. The Kier molecular flexibility index (Phi) is 5.74. The second-order valence-electron chi connectivity index (χ2n) is 4.27. The molecule has 102 valence electrons. The van der Waals surface area contributed by atoms with Gasteiger partial charge in [-0.15, -0.1) is 4.83 Å².